The Labute approximate surface area is 352 Å². The van der Waals surface area contributed by atoms with Gasteiger partial charge in [0.1, 0.15) is 6.54 Å². The fourth-order valence-electron chi connectivity index (χ4n) is 7.88. The standard InChI is InChI=1S/C41H51N3O10S2.O3S/c1-5-6-26-43-33-17-13-12-16-31(33)41(4,25-14-8-11-20-39(47)54-44-37(45)23-24-38(44)46)36(43)19-10-7-9-18-35-40(2,3)32-29-30(56(51,52)53)21-22-34(32)42(35)27-15-28-55(48,49)50;1-4(2)3/h7,9-10,12-13,16-19,21-22,29H,5-6,8,11,14-15,20,23-28H2,1-4H3,(H-,48,49,50,51,52,53);/p+1. The zero-order valence-electron chi connectivity index (χ0n) is 34.1. The highest BCUT2D eigenvalue weighted by atomic mass is 32.2. The minimum Gasteiger partial charge on any atom is -0.344 e. The Morgan fingerprint density at radius 3 is 2.18 bits per heavy atom. The van der Waals surface area contributed by atoms with E-state index in [0.717, 1.165) is 55.7 Å². The van der Waals surface area contributed by atoms with Gasteiger partial charge in [-0.05, 0) is 69.9 Å². The van der Waals surface area contributed by atoms with Crippen molar-refractivity contribution >= 4 is 65.7 Å². The summed E-state index contributed by atoms with van der Waals surface area (Å²) in [6, 6.07) is 12.8. The number of amides is 2. The molecular formula is C41H52N3O13S3+. The minimum absolute atomic E-state index is 0.0541. The third-order valence-corrected chi connectivity index (χ3v) is 12.5. The first kappa shape index (κ1) is 47.9. The number of allylic oxidation sites excluding steroid dienone is 6. The van der Waals surface area contributed by atoms with Crippen LogP contribution in [0.1, 0.15) is 103 Å². The SMILES string of the molecule is CCCCN1C(=CC=CC=CC2=[N+](CCCS(=O)(=O)O)c3ccc(S(=O)(=O)O)cc3C2(C)C)C(C)(CCCCCC(=O)ON2C(=O)CCC2=O)c2ccccc21.O=S(=O)=O. The molecule has 2 amide bonds. The van der Waals surface area contributed by atoms with Crippen LogP contribution in [0.4, 0.5) is 11.4 Å². The molecule has 0 radical (unpaired) electrons. The van der Waals surface area contributed by atoms with Crippen LogP contribution in [0.15, 0.2) is 83.4 Å². The number of imide groups is 1. The summed E-state index contributed by atoms with van der Waals surface area (Å²) in [4.78, 5) is 43.2. The van der Waals surface area contributed by atoms with Crippen LogP contribution in [-0.2, 0) is 60.9 Å². The molecule has 0 saturated carbocycles. The lowest BCUT2D eigenvalue weighted by Crippen LogP contribution is -2.32. The zero-order valence-corrected chi connectivity index (χ0v) is 36.5. The van der Waals surface area contributed by atoms with Gasteiger partial charge in [0.25, 0.3) is 32.1 Å². The third kappa shape index (κ3) is 11.9. The maximum absolute atomic E-state index is 12.4. The van der Waals surface area contributed by atoms with Crippen molar-refractivity contribution in [2.45, 2.75) is 108 Å². The Hall–Kier alpha value is -4.82. The number of carbonyl (C=O) groups is 3. The van der Waals surface area contributed by atoms with Crippen LogP contribution in [0.25, 0.3) is 0 Å². The molecule has 326 valence electrons. The Bertz CT molecular complexity index is 2420. The molecule has 19 heteroatoms. The Morgan fingerprint density at radius 2 is 1.55 bits per heavy atom. The monoisotopic (exact) mass is 890 g/mol. The minimum atomic E-state index is -4.46. The highest BCUT2D eigenvalue weighted by Crippen LogP contribution is 2.51. The molecule has 1 saturated heterocycles. The quantitative estimate of drug-likeness (QED) is 0.0600. The average molecular weight is 891 g/mol. The van der Waals surface area contributed by atoms with Gasteiger partial charge in [0.05, 0.1) is 16.1 Å². The smallest absolute Gasteiger partial charge is 0.344 e. The summed E-state index contributed by atoms with van der Waals surface area (Å²) in [6.07, 6.45) is 15.1. The van der Waals surface area contributed by atoms with Crippen molar-refractivity contribution < 1.29 is 62.4 Å². The van der Waals surface area contributed by atoms with E-state index in [9.17, 15) is 40.3 Å². The second-order valence-corrected chi connectivity index (χ2v) is 18.8. The summed E-state index contributed by atoms with van der Waals surface area (Å²) in [7, 11) is -11.8. The average Bonchev–Trinajstić information content (AvgIpc) is 3.68. The van der Waals surface area contributed by atoms with Gasteiger partial charge in [-0.2, -0.15) is 21.4 Å². The molecule has 2 aromatic carbocycles. The summed E-state index contributed by atoms with van der Waals surface area (Å²) in [6.45, 7) is 9.35. The molecule has 1 unspecified atom stereocenters. The molecule has 1 atom stereocenters. The van der Waals surface area contributed by atoms with Crippen molar-refractivity contribution in [3.05, 3.63) is 89.7 Å². The van der Waals surface area contributed by atoms with Crippen LogP contribution in [0, 0.1) is 0 Å². The van der Waals surface area contributed by atoms with E-state index in [1.54, 1.807) is 6.07 Å². The summed E-state index contributed by atoms with van der Waals surface area (Å²) < 4.78 is 93.4. The Morgan fingerprint density at radius 1 is 0.883 bits per heavy atom. The van der Waals surface area contributed by atoms with Crippen molar-refractivity contribution in [2.24, 2.45) is 0 Å². The molecule has 60 heavy (non-hydrogen) atoms. The van der Waals surface area contributed by atoms with E-state index in [1.165, 1.54) is 17.7 Å². The molecule has 0 aromatic heterocycles. The Kier molecular flexibility index (Phi) is 16.1. The van der Waals surface area contributed by atoms with E-state index in [4.69, 9.17) is 17.5 Å². The lowest BCUT2D eigenvalue weighted by molar-refractivity contribution is -0.437. The second-order valence-electron chi connectivity index (χ2n) is 15.4. The number of hydrogen-bond donors (Lipinski definition) is 2. The number of nitrogens with zero attached hydrogens (tertiary/aromatic N) is 3. The molecule has 5 rings (SSSR count). The molecule has 0 bridgehead atoms. The van der Waals surface area contributed by atoms with Gasteiger partial charge in [-0.15, -0.1) is 17.7 Å². The van der Waals surface area contributed by atoms with Crippen LogP contribution in [-0.4, -0.2) is 90.5 Å². The maximum atomic E-state index is 12.4. The van der Waals surface area contributed by atoms with Crippen molar-refractivity contribution in [1.29, 1.82) is 0 Å². The first-order chi connectivity index (χ1) is 28.1. The molecule has 3 aliphatic rings. The summed E-state index contributed by atoms with van der Waals surface area (Å²) in [5.74, 6) is -2.01. The first-order valence-corrected chi connectivity index (χ1v) is 23.6. The predicted molar refractivity (Wildman–Crippen MR) is 222 cm³/mol. The highest BCUT2D eigenvalue weighted by Gasteiger charge is 2.45. The highest BCUT2D eigenvalue weighted by molar-refractivity contribution is 7.86. The van der Waals surface area contributed by atoms with Gasteiger partial charge in [0.2, 0.25) is 5.69 Å². The zero-order chi connectivity index (χ0) is 44.5. The van der Waals surface area contributed by atoms with E-state index in [1.807, 2.05) is 54.9 Å². The molecule has 3 aliphatic heterocycles. The van der Waals surface area contributed by atoms with Crippen LogP contribution in [0.5, 0.6) is 0 Å². The molecule has 16 nitrogen and oxygen atoms in total. The fraction of sp³-hybridized carbons (Fsp3) is 0.463. The van der Waals surface area contributed by atoms with Gasteiger partial charge in [-0.1, -0.05) is 62.6 Å². The van der Waals surface area contributed by atoms with Crippen molar-refractivity contribution in [1.82, 2.24) is 5.06 Å². The van der Waals surface area contributed by atoms with Crippen LogP contribution >= 0.6 is 0 Å². The maximum Gasteiger partial charge on any atom is 0.425 e. The number of hydrogen-bond acceptors (Lipinski definition) is 12. The Balaban J connectivity index is 0.00000190. The normalized spacial score (nSPS) is 19.3. The number of hydroxylamine groups is 2. The molecular weight excluding hydrogens is 839 g/mol. The van der Waals surface area contributed by atoms with Crippen LogP contribution in [0.2, 0.25) is 0 Å². The van der Waals surface area contributed by atoms with Crippen LogP contribution in [0.3, 0.4) is 0 Å². The third-order valence-electron chi connectivity index (χ3n) is 10.8. The molecule has 0 spiro atoms. The van der Waals surface area contributed by atoms with Gasteiger partial charge < -0.3 is 9.74 Å². The van der Waals surface area contributed by atoms with Gasteiger partial charge in [0.15, 0.2) is 5.71 Å². The molecule has 0 aliphatic carbocycles. The van der Waals surface area contributed by atoms with Crippen molar-refractivity contribution in [3.8, 4) is 0 Å². The summed E-state index contributed by atoms with van der Waals surface area (Å²) in [5, 5.41) is 0.585. The van der Waals surface area contributed by atoms with Gasteiger partial charge in [-0.25, -0.2) is 4.79 Å². The number of unbranched alkanes of at least 4 members (excludes halogenated alkanes) is 3. The molecule has 3 heterocycles. The van der Waals surface area contributed by atoms with Crippen molar-refractivity contribution in [3.63, 3.8) is 0 Å². The number of benzene rings is 2. The molecule has 2 N–H and O–H groups in total. The lowest BCUT2D eigenvalue weighted by atomic mass is 9.77. The van der Waals surface area contributed by atoms with E-state index in [-0.39, 0.29) is 42.5 Å². The topological polar surface area (TPSA) is 230 Å². The van der Waals surface area contributed by atoms with E-state index < -0.39 is 59.8 Å². The summed E-state index contributed by atoms with van der Waals surface area (Å²) in [5.41, 5.74) is 4.63. The number of rotatable bonds is 18. The predicted octanol–water partition coefficient (Wildman–Crippen LogP) is 5.72. The number of anilines is 1. The first-order valence-electron chi connectivity index (χ1n) is 19.6. The summed E-state index contributed by atoms with van der Waals surface area (Å²) >= 11 is 0. The molecule has 2 aromatic rings. The van der Waals surface area contributed by atoms with E-state index in [0.29, 0.717) is 22.7 Å². The van der Waals surface area contributed by atoms with Gasteiger partial charge in [-0.3, -0.25) is 18.7 Å². The van der Waals surface area contributed by atoms with E-state index in [2.05, 4.69) is 37.0 Å². The van der Waals surface area contributed by atoms with Crippen molar-refractivity contribution in [2.75, 3.05) is 23.7 Å². The van der Waals surface area contributed by atoms with Gasteiger partial charge in [0, 0.05) is 66.7 Å². The second kappa shape index (κ2) is 20.2. The number of carbonyl (C=O) groups excluding carboxylic acids is 3. The van der Waals surface area contributed by atoms with Gasteiger partial charge >= 0.3 is 16.6 Å². The fourth-order valence-corrected chi connectivity index (χ4v) is 8.88. The molecule has 1 fully saturated rings. The van der Waals surface area contributed by atoms with Crippen LogP contribution < -0.4 is 4.90 Å². The lowest BCUT2D eigenvalue weighted by Gasteiger charge is -2.30. The number of fused-ring (bicyclic) bond motifs is 2. The van der Waals surface area contributed by atoms with E-state index >= 15 is 0 Å². The largest absolute Gasteiger partial charge is 0.425 e. The number of para-hydroxylation sites is 1.